The van der Waals surface area contributed by atoms with E-state index in [9.17, 15) is 9.90 Å². The number of nitrogens with one attached hydrogen (secondary N) is 1. The van der Waals surface area contributed by atoms with Crippen molar-refractivity contribution >= 4 is 28.4 Å². The molecule has 0 bridgehead atoms. The summed E-state index contributed by atoms with van der Waals surface area (Å²) in [6.45, 7) is 3.05. The van der Waals surface area contributed by atoms with E-state index >= 15 is 0 Å². The minimum absolute atomic E-state index is 0.0563. The minimum Gasteiger partial charge on any atom is -0.444 e. The predicted octanol–water partition coefficient (Wildman–Crippen LogP) is 2.08. The second kappa shape index (κ2) is 8.04. The molecule has 4 aromatic rings. The third-order valence-corrected chi connectivity index (χ3v) is 5.47. The van der Waals surface area contributed by atoms with Crippen molar-refractivity contribution in [1.29, 1.82) is 0 Å². The number of amides is 1. The number of hydrogen-bond donors (Lipinski definition) is 2. The van der Waals surface area contributed by atoms with Gasteiger partial charge in [0.15, 0.2) is 11.5 Å². The zero-order valence-electron chi connectivity index (χ0n) is 17.8. The Bertz CT molecular complexity index is 1300. The molecule has 0 spiro atoms. The van der Waals surface area contributed by atoms with Crippen molar-refractivity contribution in [3.05, 3.63) is 48.2 Å². The summed E-state index contributed by atoms with van der Waals surface area (Å²) in [5.74, 6) is 0.828. The smallest absolute Gasteiger partial charge is 0.230 e. The van der Waals surface area contributed by atoms with Gasteiger partial charge in [0.25, 0.3) is 0 Å². The highest BCUT2D eigenvalue weighted by Crippen LogP contribution is 2.30. The normalized spacial score (nSPS) is 16.1. The van der Waals surface area contributed by atoms with Crippen LogP contribution in [0.25, 0.3) is 22.5 Å². The monoisotopic (exact) mass is 433 g/mol. The van der Waals surface area contributed by atoms with Crippen LogP contribution >= 0.6 is 0 Å². The molecule has 0 radical (unpaired) electrons. The molecule has 0 saturated carbocycles. The maximum atomic E-state index is 12.8. The molecule has 32 heavy (non-hydrogen) atoms. The number of β-amino-alcohol motifs (C(OH)–C–C–N with tert-alkyl or cyclic N) is 1. The highest BCUT2D eigenvalue weighted by molar-refractivity contribution is 5.97. The molecule has 5 heterocycles. The van der Waals surface area contributed by atoms with Gasteiger partial charge in [0, 0.05) is 49.7 Å². The second-order valence-electron chi connectivity index (χ2n) is 8.02. The van der Waals surface area contributed by atoms with E-state index in [1.807, 2.05) is 37.2 Å². The summed E-state index contributed by atoms with van der Waals surface area (Å²) in [4.78, 5) is 28.0. The zero-order valence-corrected chi connectivity index (χ0v) is 17.8. The maximum absolute atomic E-state index is 12.8. The van der Waals surface area contributed by atoms with E-state index in [4.69, 9.17) is 4.42 Å². The Morgan fingerprint density at radius 2 is 2.25 bits per heavy atom. The number of aryl methyl sites for hydroxylation is 2. The Morgan fingerprint density at radius 3 is 3.03 bits per heavy atom. The molecule has 164 valence electrons. The standard InChI is InChI=1S/C22H23N7O3/c1-13-9-23-5-3-17(13)22-24-15(12-32-22)8-19(31)25-18-7-14-10-28(2)27-20(14)26-21(18)29-6-4-16(30)11-29/h3,5,7,9-10,12,16,30H,4,6,8,11H2,1-2H3,(H,25,31)/t16-/m0/s1. The summed E-state index contributed by atoms with van der Waals surface area (Å²) >= 11 is 0. The summed E-state index contributed by atoms with van der Waals surface area (Å²) in [6, 6.07) is 3.69. The fourth-order valence-electron chi connectivity index (χ4n) is 3.92. The molecule has 1 aliphatic rings. The number of aliphatic hydroxyl groups excluding tert-OH is 1. The Hall–Kier alpha value is -3.79. The number of pyridine rings is 2. The van der Waals surface area contributed by atoms with Crippen LogP contribution in [0.4, 0.5) is 11.5 Å². The lowest BCUT2D eigenvalue weighted by Gasteiger charge is -2.20. The van der Waals surface area contributed by atoms with E-state index in [0.29, 0.717) is 48.2 Å². The van der Waals surface area contributed by atoms with E-state index in [0.717, 1.165) is 16.5 Å². The predicted molar refractivity (Wildman–Crippen MR) is 118 cm³/mol. The van der Waals surface area contributed by atoms with Gasteiger partial charge in [-0.25, -0.2) is 9.97 Å². The van der Waals surface area contributed by atoms with E-state index in [-0.39, 0.29) is 12.3 Å². The van der Waals surface area contributed by atoms with Crippen molar-refractivity contribution in [2.24, 2.45) is 7.05 Å². The average Bonchev–Trinajstić information content (AvgIpc) is 3.47. The fourth-order valence-corrected chi connectivity index (χ4v) is 3.92. The van der Waals surface area contributed by atoms with Gasteiger partial charge in [-0.2, -0.15) is 5.10 Å². The van der Waals surface area contributed by atoms with E-state index in [1.54, 1.807) is 17.1 Å². The molecule has 10 heteroatoms. The van der Waals surface area contributed by atoms with Gasteiger partial charge in [-0.05, 0) is 31.0 Å². The largest absolute Gasteiger partial charge is 0.444 e. The number of carbonyl (C=O) groups is 1. The van der Waals surface area contributed by atoms with Crippen LogP contribution in [0.3, 0.4) is 0 Å². The fraction of sp³-hybridized carbons (Fsp3) is 0.318. The molecule has 1 atom stereocenters. The Morgan fingerprint density at radius 1 is 1.38 bits per heavy atom. The van der Waals surface area contributed by atoms with E-state index in [1.165, 1.54) is 6.26 Å². The van der Waals surface area contributed by atoms with Gasteiger partial charge in [-0.3, -0.25) is 14.5 Å². The number of aromatic nitrogens is 5. The van der Waals surface area contributed by atoms with Gasteiger partial charge in [0.05, 0.1) is 23.9 Å². The SMILES string of the molecule is Cc1cnccc1-c1nc(CC(=O)Nc2cc3cn(C)nc3nc2N2CC[C@H](O)C2)co1. The van der Waals surface area contributed by atoms with Crippen molar-refractivity contribution < 1.29 is 14.3 Å². The summed E-state index contributed by atoms with van der Waals surface area (Å²) in [7, 11) is 1.83. The molecule has 0 aromatic carbocycles. The van der Waals surface area contributed by atoms with Crippen molar-refractivity contribution in [2.75, 3.05) is 23.3 Å². The van der Waals surface area contributed by atoms with Crippen LogP contribution in [-0.2, 0) is 18.3 Å². The van der Waals surface area contributed by atoms with Gasteiger partial charge >= 0.3 is 0 Å². The van der Waals surface area contributed by atoms with E-state index in [2.05, 4.69) is 25.4 Å². The topological polar surface area (TPSA) is 122 Å². The number of oxazole rings is 1. The molecule has 10 nitrogen and oxygen atoms in total. The highest BCUT2D eigenvalue weighted by atomic mass is 16.3. The van der Waals surface area contributed by atoms with Gasteiger partial charge in [-0.15, -0.1) is 0 Å². The molecule has 2 N–H and O–H groups in total. The van der Waals surface area contributed by atoms with Gasteiger partial charge < -0.3 is 19.7 Å². The summed E-state index contributed by atoms with van der Waals surface area (Å²) in [5, 5.41) is 18.1. The van der Waals surface area contributed by atoms with Crippen molar-refractivity contribution in [1.82, 2.24) is 24.7 Å². The Balaban J connectivity index is 1.38. The molecule has 1 amide bonds. The number of carbonyl (C=O) groups excluding carboxylic acids is 1. The van der Waals surface area contributed by atoms with Gasteiger partial charge in [-0.1, -0.05) is 0 Å². The molecule has 1 saturated heterocycles. The molecule has 5 rings (SSSR count). The molecule has 0 aliphatic carbocycles. The van der Waals surface area contributed by atoms with Crippen LogP contribution in [0.5, 0.6) is 0 Å². The number of fused-ring (bicyclic) bond motifs is 1. The summed E-state index contributed by atoms with van der Waals surface area (Å²) in [5.41, 5.74) is 3.49. The van der Waals surface area contributed by atoms with Crippen LogP contribution in [0.1, 0.15) is 17.7 Å². The first-order valence-corrected chi connectivity index (χ1v) is 10.4. The maximum Gasteiger partial charge on any atom is 0.230 e. The van der Waals surface area contributed by atoms with E-state index < -0.39 is 6.10 Å². The summed E-state index contributed by atoms with van der Waals surface area (Å²) in [6.07, 6.45) is 7.06. The van der Waals surface area contributed by atoms with Crippen LogP contribution < -0.4 is 10.2 Å². The third kappa shape index (κ3) is 3.92. The number of nitrogens with zero attached hydrogens (tertiary/aromatic N) is 6. The number of hydrogen-bond acceptors (Lipinski definition) is 8. The Kier molecular flexibility index (Phi) is 5.06. The first-order chi connectivity index (χ1) is 15.5. The molecule has 1 aliphatic heterocycles. The first-order valence-electron chi connectivity index (χ1n) is 10.4. The van der Waals surface area contributed by atoms with Crippen molar-refractivity contribution in [3.8, 4) is 11.5 Å². The molecule has 4 aromatic heterocycles. The van der Waals surface area contributed by atoms with Crippen LogP contribution in [0, 0.1) is 6.92 Å². The van der Waals surface area contributed by atoms with Gasteiger partial charge in [0.1, 0.15) is 6.26 Å². The molecule has 1 fully saturated rings. The van der Waals surface area contributed by atoms with Crippen LogP contribution in [0.15, 0.2) is 41.4 Å². The van der Waals surface area contributed by atoms with Gasteiger partial charge in [0.2, 0.25) is 11.8 Å². The third-order valence-electron chi connectivity index (χ3n) is 5.47. The molecular formula is C22H23N7O3. The number of anilines is 2. The highest BCUT2D eigenvalue weighted by Gasteiger charge is 2.25. The quantitative estimate of drug-likeness (QED) is 0.491. The first kappa shape index (κ1) is 20.1. The second-order valence-corrected chi connectivity index (χ2v) is 8.02. The zero-order chi connectivity index (χ0) is 22.2. The summed E-state index contributed by atoms with van der Waals surface area (Å²) < 4.78 is 7.27. The lowest BCUT2D eigenvalue weighted by Crippen LogP contribution is -2.25. The van der Waals surface area contributed by atoms with Crippen LogP contribution in [-0.4, -0.2) is 54.9 Å². The number of aliphatic hydroxyl groups is 1. The molecule has 0 unspecified atom stereocenters. The average molecular weight is 433 g/mol. The Labute approximate surface area is 183 Å². The van der Waals surface area contributed by atoms with Crippen molar-refractivity contribution in [3.63, 3.8) is 0 Å². The van der Waals surface area contributed by atoms with Crippen LogP contribution in [0.2, 0.25) is 0 Å². The lowest BCUT2D eigenvalue weighted by atomic mass is 10.1. The lowest BCUT2D eigenvalue weighted by molar-refractivity contribution is -0.115. The van der Waals surface area contributed by atoms with Crippen molar-refractivity contribution in [2.45, 2.75) is 25.9 Å². The molecular weight excluding hydrogens is 410 g/mol. The number of rotatable bonds is 5. The minimum atomic E-state index is -0.412.